The molecule has 2 aliphatic rings. The first kappa shape index (κ1) is 21.0. The van der Waals surface area contributed by atoms with Gasteiger partial charge in [-0.15, -0.1) is 5.10 Å². The summed E-state index contributed by atoms with van der Waals surface area (Å²) in [5.41, 5.74) is 3.73. The summed E-state index contributed by atoms with van der Waals surface area (Å²) in [6, 6.07) is 7.73. The van der Waals surface area contributed by atoms with Crippen LogP contribution in [0, 0.1) is 12.3 Å². The van der Waals surface area contributed by atoms with Gasteiger partial charge in [-0.1, -0.05) is 35.3 Å². The average Bonchev–Trinajstić information content (AvgIpc) is 3.34. The van der Waals surface area contributed by atoms with E-state index >= 15 is 0 Å². The molecule has 0 amide bonds. The summed E-state index contributed by atoms with van der Waals surface area (Å²) >= 11 is 12.8. The Kier molecular flexibility index (Phi) is 5.37. The smallest absolute Gasteiger partial charge is 0.177 e. The van der Waals surface area contributed by atoms with E-state index in [-0.39, 0.29) is 6.61 Å². The minimum absolute atomic E-state index is 0.221. The quantitative estimate of drug-likeness (QED) is 0.601. The molecule has 1 aromatic carbocycles. The Labute approximate surface area is 191 Å². The number of aryl methyl sites for hydroxylation is 1. The molecule has 1 spiro atoms. The SMILES string of the molecule is Cc1cc(N2CCC3(CC2)CO[C@@H](C)C3)n2nc(CO)nc2c1-c1cccc(Cl)c1Cl. The van der Waals surface area contributed by atoms with Gasteiger partial charge in [-0.2, -0.15) is 4.52 Å². The molecule has 3 aromatic rings. The number of nitrogens with zero attached hydrogens (tertiary/aromatic N) is 4. The fraction of sp³-hybridized carbons (Fsp3) is 0.478. The first-order valence-electron chi connectivity index (χ1n) is 10.7. The Morgan fingerprint density at radius 1 is 1.26 bits per heavy atom. The molecule has 1 N–H and O–H groups in total. The van der Waals surface area contributed by atoms with Gasteiger partial charge in [-0.25, -0.2) is 4.98 Å². The number of ether oxygens (including phenoxy) is 1. The molecule has 0 bridgehead atoms. The number of pyridine rings is 1. The van der Waals surface area contributed by atoms with Crippen molar-refractivity contribution in [2.24, 2.45) is 5.41 Å². The highest BCUT2D eigenvalue weighted by Gasteiger charge is 2.41. The van der Waals surface area contributed by atoms with Crippen LogP contribution >= 0.6 is 23.2 Å². The lowest BCUT2D eigenvalue weighted by atomic mass is 9.77. The van der Waals surface area contributed by atoms with Gasteiger partial charge in [0.25, 0.3) is 0 Å². The van der Waals surface area contributed by atoms with E-state index in [1.54, 1.807) is 6.07 Å². The fourth-order valence-electron chi connectivity index (χ4n) is 5.11. The third-order valence-electron chi connectivity index (χ3n) is 6.74. The van der Waals surface area contributed by atoms with Gasteiger partial charge in [-0.05, 0) is 56.2 Å². The van der Waals surface area contributed by atoms with Crippen LogP contribution in [0.2, 0.25) is 10.0 Å². The van der Waals surface area contributed by atoms with E-state index in [4.69, 9.17) is 27.9 Å². The Morgan fingerprint density at radius 3 is 2.71 bits per heavy atom. The van der Waals surface area contributed by atoms with E-state index in [9.17, 15) is 5.11 Å². The first-order chi connectivity index (χ1) is 14.9. The second-order valence-electron chi connectivity index (χ2n) is 8.90. The molecule has 31 heavy (non-hydrogen) atoms. The van der Waals surface area contributed by atoms with Crippen LogP contribution in [0.15, 0.2) is 24.3 Å². The second kappa shape index (κ2) is 7.93. The number of aliphatic hydroxyl groups is 1. The Morgan fingerprint density at radius 2 is 2.03 bits per heavy atom. The molecule has 2 aliphatic heterocycles. The molecule has 5 rings (SSSR count). The van der Waals surface area contributed by atoms with Crippen LogP contribution < -0.4 is 4.90 Å². The predicted octanol–water partition coefficient (Wildman–Crippen LogP) is 4.90. The number of hydrogen-bond donors (Lipinski definition) is 1. The van der Waals surface area contributed by atoms with Gasteiger partial charge in [0.15, 0.2) is 11.5 Å². The third-order valence-corrected chi connectivity index (χ3v) is 7.56. The summed E-state index contributed by atoms with van der Waals surface area (Å²) < 4.78 is 7.73. The predicted molar refractivity (Wildman–Crippen MR) is 123 cm³/mol. The largest absolute Gasteiger partial charge is 0.388 e. The number of fused-ring (bicyclic) bond motifs is 1. The molecular formula is C23H26Cl2N4O2. The van der Waals surface area contributed by atoms with Gasteiger partial charge in [0.1, 0.15) is 12.4 Å². The lowest BCUT2D eigenvalue weighted by Gasteiger charge is -2.39. The number of benzene rings is 1. The Hall–Kier alpha value is -1.86. The standard InChI is InChI=1S/C23H26Cl2N4O2/c1-14-10-19(28-8-6-23(7-9-28)11-15(2)31-13-23)29-22(26-18(12-30)27-29)20(14)16-4-3-5-17(24)21(16)25/h3-5,10,15,30H,6-9,11-13H2,1-2H3/t15-/m0/s1. The van der Waals surface area contributed by atoms with Crippen LogP contribution in [0.3, 0.4) is 0 Å². The number of aliphatic hydroxyl groups excluding tert-OH is 1. The van der Waals surface area contributed by atoms with Gasteiger partial charge in [0.2, 0.25) is 0 Å². The molecule has 164 valence electrons. The van der Waals surface area contributed by atoms with E-state index in [0.717, 1.165) is 61.5 Å². The average molecular weight is 461 g/mol. The molecule has 0 unspecified atom stereocenters. The van der Waals surface area contributed by atoms with E-state index < -0.39 is 0 Å². The topological polar surface area (TPSA) is 62.9 Å². The Bertz CT molecular complexity index is 1140. The molecular weight excluding hydrogens is 435 g/mol. The van der Waals surface area contributed by atoms with Crippen molar-refractivity contribution in [3.05, 3.63) is 45.7 Å². The Balaban J connectivity index is 1.58. The van der Waals surface area contributed by atoms with Crippen LogP contribution in [0.25, 0.3) is 16.8 Å². The zero-order valence-corrected chi connectivity index (χ0v) is 19.2. The van der Waals surface area contributed by atoms with Crippen molar-refractivity contribution in [3.63, 3.8) is 0 Å². The van der Waals surface area contributed by atoms with Crippen molar-refractivity contribution in [2.75, 3.05) is 24.6 Å². The van der Waals surface area contributed by atoms with E-state index in [1.165, 1.54) is 0 Å². The van der Waals surface area contributed by atoms with Gasteiger partial charge in [0, 0.05) is 24.2 Å². The lowest BCUT2D eigenvalue weighted by molar-refractivity contribution is 0.0975. The summed E-state index contributed by atoms with van der Waals surface area (Å²) in [7, 11) is 0. The molecule has 0 saturated carbocycles. The third kappa shape index (κ3) is 3.59. The maximum absolute atomic E-state index is 9.72. The number of aromatic nitrogens is 3. The van der Waals surface area contributed by atoms with Gasteiger partial charge < -0.3 is 14.7 Å². The summed E-state index contributed by atoms with van der Waals surface area (Å²) in [5.74, 6) is 1.38. The van der Waals surface area contributed by atoms with Crippen molar-refractivity contribution < 1.29 is 9.84 Å². The van der Waals surface area contributed by atoms with Crippen LogP contribution in [0.4, 0.5) is 5.82 Å². The highest BCUT2D eigenvalue weighted by molar-refractivity contribution is 6.43. The summed E-state index contributed by atoms with van der Waals surface area (Å²) in [6.45, 7) is 6.75. The van der Waals surface area contributed by atoms with Gasteiger partial charge in [-0.3, -0.25) is 0 Å². The van der Waals surface area contributed by atoms with Crippen LogP contribution in [0.5, 0.6) is 0 Å². The number of piperidine rings is 1. The zero-order valence-electron chi connectivity index (χ0n) is 17.7. The zero-order chi connectivity index (χ0) is 21.8. The van der Waals surface area contributed by atoms with Crippen molar-refractivity contribution in [1.29, 1.82) is 0 Å². The van der Waals surface area contributed by atoms with Gasteiger partial charge >= 0.3 is 0 Å². The number of halogens is 2. The molecule has 8 heteroatoms. The van der Waals surface area contributed by atoms with Crippen LogP contribution in [-0.4, -0.2) is 45.5 Å². The van der Waals surface area contributed by atoms with E-state index in [2.05, 4.69) is 34.9 Å². The highest BCUT2D eigenvalue weighted by Crippen LogP contribution is 2.44. The van der Waals surface area contributed by atoms with Crippen molar-refractivity contribution in [3.8, 4) is 11.1 Å². The number of hydrogen-bond acceptors (Lipinski definition) is 5. The minimum Gasteiger partial charge on any atom is -0.388 e. The van der Waals surface area contributed by atoms with Crippen molar-refractivity contribution in [1.82, 2.24) is 14.6 Å². The maximum atomic E-state index is 9.72. The lowest BCUT2D eigenvalue weighted by Crippen LogP contribution is -2.41. The van der Waals surface area contributed by atoms with E-state index in [1.807, 2.05) is 16.6 Å². The first-order valence-corrected chi connectivity index (χ1v) is 11.5. The summed E-state index contributed by atoms with van der Waals surface area (Å²) in [4.78, 5) is 7.00. The van der Waals surface area contributed by atoms with Crippen molar-refractivity contribution in [2.45, 2.75) is 45.8 Å². The minimum atomic E-state index is -0.221. The van der Waals surface area contributed by atoms with E-state index in [0.29, 0.717) is 33.0 Å². The highest BCUT2D eigenvalue weighted by atomic mass is 35.5. The molecule has 0 aliphatic carbocycles. The summed E-state index contributed by atoms with van der Waals surface area (Å²) in [6.07, 6.45) is 3.69. The van der Waals surface area contributed by atoms with Crippen LogP contribution in [-0.2, 0) is 11.3 Å². The van der Waals surface area contributed by atoms with Crippen LogP contribution in [0.1, 0.15) is 37.6 Å². The molecule has 0 radical (unpaired) electrons. The summed E-state index contributed by atoms with van der Waals surface area (Å²) in [5, 5.41) is 15.3. The van der Waals surface area contributed by atoms with Gasteiger partial charge in [0.05, 0.1) is 22.8 Å². The number of anilines is 1. The second-order valence-corrected chi connectivity index (χ2v) is 9.68. The molecule has 2 aromatic heterocycles. The fourth-order valence-corrected chi connectivity index (χ4v) is 5.50. The molecule has 4 heterocycles. The number of rotatable bonds is 3. The monoisotopic (exact) mass is 460 g/mol. The normalized spacial score (nSPS) is 20.8. The molecule has 2 saturated heterocycles. The molecule has 1 atom stereocenters. The maximum Gasteiger partial charge on any atom is 0.177 e. The molecule has 6 nitrogen and oxygen atoms in total. The molecule has 2 fully saturated rings. The van der Waals surface area contributed by atoms with Crippen molar-refractivity contribution >= 4 is 34.7 Å².